The number of aromatic nitrogens is 2. The van der Waals surface area contributed by atoms with E-state index in [1.165, 1.54) is 0 Å². The van der Waals surface area contributed by atoms with Gasteiger partial charge in [-0.3, -0.25) is 15.4 Å². The van der Waals surface area contributed by atoms with Crippen LogP contribution in [0.4, 0.5) is 0 Å². The molecule has 0 spiro atoms. The molecule has 2 aromatic rings. The number of nitrogens with zero attached hydrogens (tertiary/aromatic N) is 3. The lowest BCUT2D eigenvalue weighted by Gasteiger charge is -2.07. The maximum Gasteiger partial charge on any atom is 0.186 e. The lowest BCUT2D eigenvalue weighted by molar-refractivity contribution is 0.970. The molecule has 0 aliphatic rings. The summed E-state index contributed by atoms with van der Waals surface area (Å²) in [6.07, 6.45) is 3.42. The second kappa shape index (κ2) is 6.55. The molecule has 19 heavy (non-hydrogen) atoms. The first kappa shape index (κ1) is 13.1. The molecule has 0 bridgehead atoms. The van der Waals surface area contributed by atoms with Crippen LogP contribution >= 0.6 is 12.2 Å². The Kier molecular flexibility index (Phi) is 4.52. The van der Waals surface area contributed by atoms with E-state index in [0.717, 1.165) is 11.4 Å². The van der Waals surface area contributed by atoms with Crippen LogP contribution in [0.2, 0.25) is 0 Å². The van der Waals surface area contributed by atoms with Crippen LogP contribution in [-0.4, -0.2) is 27.8 Å². The molecular formula is C13H13N5S. The number of hydrogen-bond acceptors (Lipinski definition) is 4. The van der Waals surface area contributed by atoms with Gasteiger partial charge in [-0.15, -0.1) is 0 Å². The summed E-state index contributed by atoms with van der Waals surface area (Å²) in [6.45, 7) is 0. The maximum atomic E-state index is 5.00. The van der Waals surface area contributed by atoms with Crippen LogP contribution in [-0.2, 0) is 0 Å². The van der Waals surface area contributed by atoms with Crippen LogP contribution in [0.5, 0.6) is 0 Å². The zero-order valence-electron chi connectivity index (χ0n) is 10.4. The molecule has 5 nitrogen and oxygen atoms in total. The van der Waals surface area contributed by atoms with Gasteiger partial charge in [0.1, 0.15) is 5.71 Å². The number of rotatable bonds is 3. The minimum absolute atomic E-state index is 0.435. The molecule has 2 aromatic heterocycles. The first-order chi connectivity index (χ1) is 9.31. The van der Waals surface area contributed by atoms with Gasteiger partial charge in [-0.1, -0.05) is 12.1 Å². The van der Waals surface area contributed by atoms with Crippen molar-refractivity contribution >= 4 is 23.0 Å². The fraction of sp³-hybridized carbons (Fsp3) is 0.0769. The number of nitrogens with one attached hydrogen (secondary N) is 2. The van der Waals surface area contributed by atoms with Gasteiger partial charge in [-0.25, -0.2) is 0 Å². The van der Waals surface area contributed by atoms with E-state index in [4.69, 9.17) is 12.2 Å². The number of pyridine rings is 2. The summed E-state index contributed by atoms with van der Waals surface area (Å²) in [6, 6.07) is 11.3. The average molecular weight is 271 g/mol. The number of hydrazone groups is 1. The molecule has 0 aliphatic heterocycles. The highest BCUT2D eigenvalue weighted by atomic mass is 32.1. The Morgan fingerprint density at radius 1 is 1.05 bits per heavy atom. The van der Waals surface area contributed by atoms with Crippen LogP contribution in [0.1, 0.15) is 11.4 Å². The molecule has 2 N–H and O–H groups in total. The molecule has 6 heteroatoms. The van der Waals surface area contributed by atoms with Crippen molar-refractivity contribution in [2.24, 2.45) is 5.10 Å². The first-order valence-corrected chi connectivity index (χ1v) is 6.10. The third-order valence-electron chi connectivity index (χ3n) is 2.31. The molecule has 0 amide bonds. The van der Waals surface area contributed by atoms with Crippen LogP contribution < -0.4 is 10.7 Å². The fourth-order valence-corrected chi connectivity index (χ4v) is 1.46. The molecule has 2 heterocycles. The molecule has 2 rings (SSSR count). The first-order valence-electron chi connectivity index (χ1n) is 5.69. The second-order valence-electron chi connectivity index (χ2n) is 3.58. The molecule has 96 valence electrons. The molecule has 0 aromatic carbocycles. The van der Waals surface area contributed by atoms with Crippen LogP contribution in [0.15, 0.2) is 53.9 Å². The van der Waals surface area contributed by atoms with E-state index >= 15 is 0 Å². The molecule has 0 radical (unpaired) electrons. The van der Waals surface area contributed by atoms with Gasteiger partial charge in [0.05, 0.1) is 11.4 Å². The summed E-state index contributed by atoms with van der Waals surface area (Å²) in [5.74, 6) is 0. The molecule has 0 aliphatic carbocycles. The normalized spacial score (nSPS) is 9.53. The van der Waals surface area contributed by atoms with E-state index in [9.17, 15) is 0 Å². The zero-order chi connectivity index (χ0) is 13.5. The monoisotopic (exact) mass is 271 g/mol. The smallest absolute Gasteiger partial charge is 0.186 e. The van der Waals surface area contributed by atoms with Gasteiger partial charge in [0, 0.05) is 19.4 Å². The van der Waals surface area contributed by atoms with Gasteiger partial charge < -0.3 is 5.32 Å². The summed E-state index contributed by atoms with van der Waals surface area (Å²) in [4.78, 5) is 8.57. The van der Waals surface area contributed by atoms with E-state index < -0.39 is 0 Å². The summed E-state index contributed by atoms with van der Waals surface area (Å²) < 4.78 is 0. The zero-order valence-corrected chi connectivity index (χ0v) is 11.2. The molecule has 0 saturated carbocycles. The quantitative estimate of drug-likeness (QED) is 0.501. The molecule has 0 fully saturated rings. The molecule has 0 unspecified atom stereocenters. The predicted octanol–water partition coefficient (Wildman–Crippen LogP) is 1.32. The van der Waals surface area contributed by atoms with Crippen molar-refractivity contribution < 1.29 is 0 Å². The van der Waals surface area contributed by atoms with Crippen LogP contribution in [0.25, 0.3) is 0 Å². The van der Waals surface area contributed by atoms with Gasteiger partial charge in [0.15, 0.2) is 5.11 Å². The largest absolute Gasteiger partial charge is 0.364 e. The Morgan fingerprint density at radius 3 is 2.05 bits per heavy atom. The topological polar surface area (TPSA) is 62.2 Å². The van der Waals surface area contributed by atoms with E-state index in [1.807, 2.05) is 36.4 Å². The predicted molar refractivity (Wildman–Crippen MR) is 78.9 cm³/mol. The summed E-state index contributed by atoms with van der Waals surface area (Å²) in [7, 11) is 1.73. The number of hydrogen-bond donors (Lipinski definition) is 2. The Morgan fingerprint density at radius 2 is 1.63 bits per heavy atom. The minimum atomic E-state index is 0.435. The van der Waals surface area contributed by atoms with Crippen LogP contribution in [0, 0.1) is 0 Å². The van der Waals surface area contributed by atoms with Crippen molar-refractivity contribution in [2.45, 2.75) is 0 Å². The highest BCUT2D eigenvalue weighted by Crippen LogP contribution is 2.05. The Labute approximate surface area is 116 Å². The Hall–Kier alpha value is -2.34. The summed E-state index contributed by atoms with van der Waals surface area (Å²) >= 11 is 5.00. The van der Waals surface area contributed by atoms with Crippen molar-refractivity contribution in [3.05, 3.63) is 60.2 Å². The van der Waals surface area contributed by atoms with Gasteiger partial charge in [-0.05, 0) is 36.5 Å². The summed E-state index contributed by atoms with van der Waals surface area (Å²) in [5, 5.41) is 7.50. The van der Waals surface area contributed by atoms with Crippen LogP contribution in [0.3, 0.4) is 0 Å². The van der Waals surface area contributed by atoms with Crippen molar-refractivity contribution in [3.63, 3.8) is 0 Å². The highest BCUT2D eigenvalue weighted by molar-refractivity contribution is 7.80. The van der Waals surface area contributed by atoms with Gasteiger partial charge in [0.2, 0.25) is 0 Å². The molecular weight excluding hydrogens is 258 g/mol. The van der Waals surface area contributed by atoms with E-state index in [-0.39, 0.29) is 0 Å². The van der Waals surface area contributed by atoms with E-state index in [0.29, 0.717) is 10.8 Å². The average Bonchev–Trinajstić information content (AvgIpc) is 2.49. The van der Waals surface area contributed by atoms with Crippen molar-refractivity contribution in [1.29, 1.82) is 0 Å². The Bertz CT molecular complexity index is 527. The van der Waals surface area contributed by atoms with E-state index in [2.05, 4.69) is 25.8 Å². The van der Waals surface area contributed by atoms with Crippen molar-refractivity contribution in [3.8, 4) is 0 Å². The van der Waals surface area contributed by atoms with Gasteiger partial charge in [0.25, 0.3) is 0 Å². The maximum absolute atomic E-state index is 5.00. The third-order valence-corrected chi connectivity index (χ3v) is 2.61. The lowest BCUT2D eigenvalue weighted by atomic mass is 10.1. The third kappa shape index (κ3) is 3.56. The minimum Gasteiger partial charge on any atom is -0.364 e. The standard InChI is InChI=1S/C13H13N5S/c1-14-13(19)18-17-12(10-6-2-4-8-15-10)11-7-3-5-9-16-11/h2-9H,1H3,(H2,14,18,19). The summed E-state index contributed by atoms with van der Waals surface area (Å²) in [5.41, 5.74) is 4.85. The van der Waals surface area contributed by atoms with Gasteiger partial charge in [-0.2, -0.15) is 5.10 Å². The number of thiocarbonyl (C=S) groups is 1. The fourth-order valence-electron chi connectivity index (χ4n) is 1.41. The SMILES string of the molecule is CNC(=S)NN=C(c1ccccn1)c1ccccn1. The molecule has 0 saturated heterocycles. The highest BCUT2D eigenvalue weighted by Gasteiger charge is 2.09. The lowest BCUT2D eigenvalue weighted by Crippen LogP contribution is -2.30. The molecule has 0 atom stereocenters. The Balaban J connectivity index is 2.37. The van der Waals surface area contributed by atoms with Crippen molar-refractivity contribution in [2.75, 3.05) is 7.05 Å². The van der Waals surface area contributed by atoms with E-state index in [1.54, 1.807) is 19.4 Å². The second-order valence-corrected chi connectivity index (χ2v) is 3.99. The van der Waals surface area contributed by atoms with Crippen molar-refractivity contribution in [1.82, 2.24) is 20.7 Å². The van der Waals surface area contributed by atoms with Gasteiger partial charge >= 0.3 is 0 Å².